The summed E-state index contributed by atoms with van der Waals surface area (Å²) in [5.41, 5.74) is 18.4. The number of hydroxylamine groups is 2. The lowest BCUT2D eigenvalue weighted by Gasteiger charge is -2.36. The summed E-state index contributed by atoms with van der Waals surface area (Å²) >= 11 is 4.85. The Balaban J connectivity index is 0.000000879. The number of nitrogens with one attached hydrogen (secondary N) is 7. The standard InChI is InChI=1S/C22H24N2O4.C21H23N3O4.C20H21N3O5.C14H25NOSi.C13H13NO5.C8H9NO2.C6H15N.C5H5ClO3.H3NO/c1-3-15-24(19-7-5-4-6-8-19)21(26)16-17-9-11-18(12-10-17)23-20(25)13-14-22(27)28-2;1-2-14-24(18-6-4-3-5-7-18)21(27)15-16-8-10-17(11-9-16)22-19(25)12-13-20(26)23-28;24-13-12-23(17-4-2-1-3-5-17)20(27)14-15-6-8-16(9-7-15)21-18(25)10-11-19(26)22-28;1-14(2,3)17(4,5)16-12-11-15-13-9-7-6-8-10-13;1-19-13(18)7-6-11(15)14-10-4-2-9(3-5-10)8-12(16)17;9-7-3-1-6(2-4-7)5-8(10)11;1-4-7(5-2)6-3;1-9-5(8)3-2-4(6)7;1-2/h4-14H,3,15-16H2,1-2H3,(H,23,25);3-13,28H,2,14-15H2,1H3,(H,22,25)(H,23,26);1-11,24,28H,12-14H2,(H,21,25)(H,22,26);6-10,15H,11-12H2,1-5H3;2-7H,8H2,1H3,(H,14,15)(H,16,17);1-4H,5,9H2,(H,10,11);4-6H2,1-3H3;2-3H,1H3;2H,1H2/b14-13+;13-12+;11-10+;;7-6+;;;3-2+;. The van der Waals surface area contributed by atoms with Crippen LogP contribution in [-0.4, -0.2) is 213 Å². The summed E-state index contributed by atoms with van der Waals surface area (Å²) in [6, 6.07) is 72.3. The van der Waals surface area contributed by atoms with Crippen molar-refractivity contribution in [1.82, 2.24) is 15.9 Å². The topological polar surface area (TPSA) is 564 Å². The van der Waals surface area contributed by atoms with Crippen molar-refractivity contribution in [3.63, 3.8) is 0 Å². The Bertz CT molecular complexity index is 5360. The minimum absolute atomic E-state index is 0.00258. The molecule has 0 unspecified atom stereocenters. The molecular weight excluding hydrogens is 1950 g/mol. The highest BCUT2D eigenvalue weighted by molar-refractivity contribution is 6.74. The van der Waals surface area contributed by atoms with Gasteiger partial charge >= 0.3 is 29.8 Å². The van der Waals surface area contributed by atoms with Crippen LogP contribution in [-0.2, 0) is 123 Å². The summed E-state index contributed by atoms with van der Waals surface area (Å²) in [6.07, 6.45) is 12.2. The van der Waals surface area contributed by atoms with E-state index in [4.69, 9.17) is 47.6 Å². The zero-order valence-electron chi connectivity index (χ0n) is 85.9. The predicted octanol–water partition coefficient (Wildman–Crippen LogP) is 14.4. The van der Waals surface area contributed by atoms with Gasteiger partial charge in [0.05, 0.1) is 66.6 Å². The number of hydrogen-bond donors (Lipinski definition) is 15. The Morgan fingerprint density at radius 1 is 0.362 bits per heavy atom. The minimum atomic E-state index is -1.58. The van der Waals surface area contributed by atoms with Gasteiger partial charge in [0.1, 0.15) is 0 Å². The van der Waals surface area contributed by atoms with Crippen molar-refractivity contribution in [2.75, 3.05) is 127 Å². The number of aliphatic hydroxyl groups is 1. The summed E-state index contributed by atoms with van der Waals surface area (Å²) in [6.45, 7) is 28.6. The lowest BCUT2D eigenvalue weighted by atomic mass is 10.1. The number of nitrogen functional groups attached to an aromatic ring is 1. The number of rotatable bonds is 41. The van der Waals surface area contributed by atoms with Crippen LogP contribution in [0.3, 0.4) is 0 Å². The van der Waals surface area contributed by atoms with E-state index in [2.05, 4.69) is 118 Å². The molecule has 9 amide bonds. The number of methoxy groups -OCH3 is 3. The fourth-order valence-electron chi connectivity index (χ4n) is 11.9. The fourth-order valence-corrected chi connectivity index (χ4v) is 13.0. The molecule has 40 heteroatoms. The zero-order chi connectivity index (χ0) is 111. The van der Waals surface area contributed by atoms with Crippen LogP contribution in [0.1, 0.15) is 96.0 Å². The first-order valence-electron chi connectivity index (χ1n) is 46.8. The number of esters is 3. The van der Waals surface area contributed by atoms with Crippen molar-refractivity contribution in [1.29, 1.82) is 0 Å². The molecule has 0 saturated heterocycles. The minimum Gasteiger partial charge on any atom is -0.481 e. The maximum Gasteiger partial charge on any atom is 0.330 e. The highest BCUT2D eigenvalue weighted by atomic mass is 35.5. The molecule has 0 aromatic heterocycles. The number of halogens is 1. The molecule has 0 bridgehead atoms. The number of amides is 9. The molecule has 0 fully saturated rings. The first kappa shape index (κ1) is 131. The van der Waals surface area contributed by atoms with E-state index < -0.39 is 78.8 Å². The van der Waals surface area contributed by atoms with Crippen molar-refractivity contribution in [3.8, 4) is 0 Å². The van der Waals surface area contributed by atoms with Gasteiger partial charge in [-0.2, -0.15) is 0 Å². The zero-order valence-corrected chi connectivity index (χ0v) is 87.7. The van der Waals surface area contributed by atoms with E-state index in [1.165, 1.54) is 56.8 Å². The quantitative estimate of drug-likeness (QED) is 0.00195. The number of carbonyl (C=O) groups excluding carboxylic acids is 13. The van der Waals surface area contributed by atoms with Crippen LogP contribution in [0.4, 0.5) is 51.2 Å². The Hall–Kier alpha value is -16.2. The van der Waals surface area contributed by atoms with Crippen molar-refractivity contribution >= 4 is 159 Å². The molecular formula is C109H138ClN13O25Si. The van der Waals surface area contributed by atoms with Gasteiger partial charge in [-0.15, -0.1) is 0 Å². The predicted molar refractivity (Wildman–Crippen MR) is 579 cm³/mol. The largest absolute Gasteiger partial charge is 0.481 e. The van der Waals surface area contributed by atoms with E-state index in [-0.39, 0.29) is 63.0 Å². The van der Waals surface area contributed by atoms with E-state index in [9.17, 15) is 77.0 Å². The van der Waals surface area contributed by atoms with Crippen LogP contribution < -0.4 is 63.9 Å². The molecule has 0 aliphatic heterocycles. The number of benzene rings is 9. The van der Waals surface area contributed by atoms with Gasteiger partial charge in [-0.05, 0) is 199 Å². The fraction of sp³-hybridized carbons (Fsp3) is 0.275. The first-order chi connectivity index (χ1) is 71.1. The molecule has 9 rings (SSSR count). The summed E-state index contributed by atoms with van der Waals surface area (Å²) in [5, 5.41) is 62.8. The summed E-state index contributed by atoms with van der Waals surface area (Å²) in [4.78, 5) is 176. The maximum atomic E-state index is 12.7. The number of carboxylic acid groups (broad SMARTS) is 2. The van der Waals surface area contributed by atoms with E-state index in [0.717, 1.165) is 126 Å². The van der Waals surface area contributed by atoms with E-state index in [1.54, 1.807) is 143 Å². The summed E-state index contributed by atoms with van der Waals surface area (Å²) in [7, 11) is 2.08. The van der Waals surface area contributed by atoms with Gasteiger partial charge in [0, 0.05) is 138 Å². The second-order valence-electron chi connectivity index (χ2n) is 32.5. The van der Waals surface area contributed by atoms with Crippen LogP contribution in [0, 0.1) is 0 Å². The normalized spacial score (nSPS) is 10.4. The number of nitrogens with zero attached hydrogens (tertiary/aromatic N) is 4. The Morgan fingerprint density at radius 2 is 0.624 bits per heavy atom. The third kappa shape index (κ3) is 59.7. The molecule has 0 aliphatic carbocycles. The summed E-state index contributed by atoms with van der Waals surface area (Å²) < 4.78 is 19.0. The van der Waals surface area contributed by atoms with Crippen LogP contribution in [0.5, 0.6) is 0 Å². The van der Waals surface area contributed by atoms with Crippen LogP contribution in [0.15, 0.2) is 303 Å². The monoisotopic (exact) mass is 2090 g/mol. The Morgan fingerprint density at radius 3 is 0.872 bits per heavy atom. The van der Waals surface area contributed by atoms with E-state index in [1.807, 2.05) is 111 Å². The van der Waals surface area contributed by atoms with Crippen molar-refractivity contribution < 1.29 is 121 Å². The second-order valence-corrected chi connectivity index (χ2v) is 37.7. The second kappa shape index (κ2) is 76.4. The van der Waals surface area contributed by atoms with Crippen molar-refractivity contribution in [2.45, 2.75) is 118 Å². The number of allylic oxidation sites excluding steroid dienone is 1. The van der Waals surface area contributed by atoms with Gasteiger partial charge in [-0.3, -0.25) is 67.9 Å². The molecule has 0 heterocycles. The number of aliphatic carboxylic acids is 2. The van der Waals surface area contributed by atoms with Gasteiger partial charge in [-0.25, -0.2) is 31.2 Å². The molecule has 0 saturated carbocycles. The third-order valence-corrected chi connectivity index (χ3v) is 25.1. The van der Waals surface area contributed by atoms with Gasteiger partial charge in [0.2, 0.25) is 46.6 Å². The van der Waals surface area contributed by atoms with Gasteiger partial charge < -0.3 is 91.1 Å². The number of aliphatic hydroxyl groups excluding tert-OH is 1. The van der Waals surface area contributed by atoms with E-state index in [0.29, 0.717) is 57.8 Å². The molecule has 800 valence electrons. The number of carboxylic acids is 2. The number of carbonyl (C=O) groups is 15. The average Bonchev–Trinajstić information content (AvgIpc) is 0.850. The highest BCUT2D eigenvalue weighted by Gasteiger charge is 2.37. The lowest BCUT2D eigenvalue weighted by Crippen LogP contribution is -2.41. The van der Waals surface area contributed by atoms with Crippen molar-refractivity contribution in [3.05, 3.63) is 331 Å². The molecule has 17 N–H and O–H groups in total. The maximum absolute atomic E-state index is 12.7. The molecule has 0 atom stereocenters. The first-order valence-corrected chi connectivity index (χ1v) is 50.1. The average molecular weight is 2090 g/mol. The smallest absolute Gasteiger partial charge is 0.330 e. The van der Waals surface area contributed by atoms with E-state index >= 15 is 0 Å². The molecule has 0 aliphatic rings. The van der Waals surface area contributed by atoms with Crippen LogP contribution >= 0.6 is 11.6 Å². The molecule has 9 aromatic rings. The highest BCUT2D eigenvalue weighted by Crippen LogP contribution is 2.36. The number of hydrogen-bond acceptors (Lipinski definition) is 27. The molecule has 149 heavy (non-hydrogen) atoms. The Kier molecular flexibility index (Phi) is 67.0. The van der Waals surface area contributed by atoms with Crippen molar-refractivity contribution in [2.24, 2.45) is 5.90 Å². The molecule has 0 spiro atoms. The molecule has 9 aromatic carbocycles. The van der Waals surface area contributed by atoms with Crippen LogP contribution in [0.25, 0.3) is 0 Å². The molecule has 38 nitrogen and oxygen atoms in total. The SMILES string of the molecule is CC(C)(C)[Si](C)(C)OCCNc1ccccc1.CCCN(C(=O)Cc1ccc(NC(=O)/C=C/C(=O)NO)cc1)c1ccccc1.CCCN(C(=O)Cc1ccc(NC(=O)/C=C/C(=O)OC)cc1)c1ccccc1.CCN(CC)CC.COC(=O)/C=C/C(=O)Cl.COC(=O)/C=C/C(=O)Nc1ccc(CC(=O)O)cc1.NO.Nc1ccc(CC(=O)O)cc1.O=C(/C=C/C(=O)Nc1ccc(CC(=O)N(CCO)c2ccccc2)cc1)NO. The molecule has 0 radical (unpaired) electrons. The lowest BCUT2D eigenvalue weighted by molar-refractivity contribution is -0.137. The number of para-hydroxylation sites is 4. The van der Waals surface area contributed by atoms with Gasteiger partial charge in [0.15, 0.2) is 8.32 Å². The summed E-state index contributed by atoms with van der Waals surface area (Å²) in [5.74, 6) is -3.75. The van der Waals surface area contributed by atoms with Gasteiger partial charge in [-0.1, -0.05) is 189 Å². The Labute approximate surface area is 874 Å². The number of ether oxygens (including phenoxy) is 3. The third-order valence-electron chi connectivity index (χ3n) is 20.5. The number of nitrogens with two attached hydrogens (primary N) is 2. The van der Waals surface area contributed by atoms with Gasteiger partial charge in [0.25, 0.3) is 11.8 Å². The number of anilines is 9. The van der Waals surface area contributed by atoms with Crippen LogP contribution in [0.2, 0.25) is 18.1 Å².